The maximum absolute atomic E-state index is 12.9. The van der Waals surface area contributed by atoms with Crippen LogP contribution in [0.15, 0.2) is 24.3 Å². The Morgan fingerprint density at radius 1 is 1.20 bits per heavy atom. The Kier molecular flexibility index (Phi) is 4.15. The first-order valence-electron chi connectivity index (χ1n) is 9.34. The third kappa shape index (κ3) is 2.78. The number of nitrogens with one attached hydrogen (secondary N) is 2. The summed E-state index contributed by atoms with van der Waals surface area (Å²) in [7, 11) is 0. The zero-order valence-corrected chi connectivity index (χ0v) is 14.8. The monoisotopic (exact) mass is 342 g/mol. The van der Waals surface area contributed by atoms with Gasteiger partial charge in [-0.15, -0.1) is 0 Å². The molecule has 4 rings (SSSR count). The molecule has 6 nitrogen and oxygen atoms in total. The maximum Gasteiger partial charge on any atom is 0.250 e. The van der Waals surface area contributed by atoms with E-state index in [0.29, 0.717) is 25.9 Å². The fourth-order valence-electron chi connectivity index (χ4n) is 4.41. The molecule has 0 radical (unpaired) electrons. The van der Waals surface area contributed by atoms with E-state index in [4.69, 9.17) is 0 Å². The van der Waals surface area contributed by atoms with Crippen molar-refractivity contribution in [2.45, 2.75) is 44.2 Å². The SMILES string of the molecule is CCN1CCC[C@H]1C(=O)N1CCC2(CC1)Nc1ccccc1NC2=O. The molecule has 1 aromatic rings. The van der Waals surface area contributed by atoms with Crippen LogP contribution in [0.1, 0.15) is 32.6 Å². The molecular weight excluding hydrogens is 316 g/mol. The summed E-state index contributed by atoms with van der Waals surface area (Å²) in [5, 5.41) is 6.47. The number of anilines is 2. The lowest BCUT2D eigenvalue weighted by Gasteiger charge is -2.45. The fraction of sp³-hybridized carbons (Fsp3) is 0.579. The second kappa shape index (κ2) is 6.33. The molecule has 2 fully saturated rings. The lowest BCUT2D eigenvalue weighted by atomic mass is 9.84. The van der Waals surface area contributed by atoms with Crippen LogP contribution >= 0.6 is 0 Å². The topological polar surface area (TPSA) is 64.7 Å². The van der Waals surface area contributed by atoms with Gasteiger partial charge >= 0.3 is 0 Å². The van der Waals surface area contributed by atoms with Crippen molar-refractivity contribution in [3.63, 3.8) is 0 Å². The second-order valence-corrected chi connectivity index (χ2v) is 7.32. The van der Waals surface area contributed by atoms with Gasteiger partial charge in [-0.2, -0.15) is 0 Å². The summed E-state index contributed by atoms with van der Waals surface area (Å²) in [5.41, 5.74) is 1.21. The van der Waals surface area contributed by atoms with Crippen molar-refractivity contribution < 1.29 is 9.59 Å². The van der Waals surface area contributed by atoms with Crippen molar-refractivity contribution in [2.24, 2.45) is 0 Å². The van der Waals surface area contributed by atoms with Gasteiger partial charge in [0.25, 0.3) is 0 Å². The quantitative estimate of drug-likeness (QED) is 0.862. The molecule has 0 aliphatic carbocycles. The molecule has 2 N–H and O–H groups in total. The largest absolute Gasteiger partial charge is 0.369 e. The van der Waals surface area contributed by atoms with E-state index in [1.54, 1.807) is 0 Å². The summed E-state index contributed by atoms with van der Waals surface area (Å²) in [6, 6.07) is 7.82. The summed E-state index contributed by atoms with van der Waals surface area (Å²) in [6.07, 6.45) is 3.36. The van der Waals surface area contributed by atoms with Gasteiger partial charge in [0.1, 0.15) is 5.54 Å². The molecule has 0 bridgehead atoms. The van der Waals surface area contributed by atoms with Gasteiger partial charge < -0.3 is 15.5 Å². The highest BCUT2D eigenvalue weighted by atomic mass is 16.2. The fourth-order valence-corrected chi connectivity index (χ4v) is 4.41. The number of likely N-dealkylation sites (tertiary alicyclic amines) is 2. The third-order valence-corrected chi connectivity index (χ3v) is 5.97. The lowest BCUT2D eigenvalue weighted by molar-refractivity contribution is -0.139. The Balaban J connectivity index is 1.45. The van der Waals surface area contributed by atoms with Gasteiger partial charge in [0, 0.05) is 13.1 Å². The number of benzene rings is 1. The van der Waals surface area contributed by atoms with Gasteiger partial charge in [-0.3, -0.25) is 14.5 Å². The summed E-state index contributed by atoms with van der Waals surface area (Å²) >= 11 is 0. The van der Waals surface area contributed by atoms with E-state index in [-0.39, 0.29) is 17.9 Å². The van der Waals surface area contributed by atoms with E-state index in [0.717, 1.165) is 37.3 Å². The smallest absolute Gasteiger partial charge is 0.250 e. The molecular formula is C19H26N4O2. The molecule has 1 atom stereocenters. The number of carbonyl (C=O) groups excluding carboxylic acids is 2. The molecule has 1 aromatic carbocycles. The van der Waals surface area contributed by atoms with E-state index in [9.17, 15) is 9.59 Å². The lowest BCUT2D eigenvalue weighted by Crippen LogP contribution is -2.60. The maximum atomic E-state index is 12.9. The van der Waals surface area contributed by atoms with Crippen LogP contribution in [-0.2, 0) is 9.59 Å². The number of likely N-dealkylation sites (N-methyl/N-ethyl adjacent to an activating group) is 1. The summed E-state index contributed by atoms with van der Waals surface area (Å²) in [5.74, 6) is 0.264. The van der Waals surface area contributed by atoms with E-state index >= 15 is 0 Å². The second-order valence-electron chi connectivity index (χ2n) is 7.32. The molecule has 25 heavy (non-hydrogen) atoms. The molecule has 1 spiro atoms. The molecule has 3 heterocycles. The number of para-hydroxylation sites is 2. The van der Waals surface area contributed by atoms with E-state index in [1.807, 2.05) is 29.2 Å². The average Bonchev–Trinajstić information content (AvgIpc) is 3.11. The zero-order valence-electron chi connectivity index (χ0n) is 14.8. The first kappa shape index (κ1) is 16.4. The summed E-state index contributed by atoms with van der Waals surface area (Å²) in [6.45, 7) is 5.33. The van der Waals surface area contributed by atoms with Gasteiger partial charge in [0.2, 0.25) is 11.8 Å². The van der Waals surface area contributed by atoms with Crippen LogP contribution < -0.4 is 10.6 Å². The molecule has 3 aliphatic rings. The molecule has 0 unspecified atom stereocenters. The minimum absolute atomic E-state index is 0.0225. The number of rotatable bonds is 2. The van der Waals surface area contributed by atoms with Crippen LogP contribution in [0, 0.1) is 0 Å². The van der Waals surface area contributed by atoms with Crippen molar-refractivity contribution in [1.29, 1.82) is 0 Å². The van der Waals surface area contributed by atoms with Gasteiger partial charge in [0.05, 0.1) is 17.4 Å². The molecule has 6 heteroatoms. The Morgan fingerprint density at radius 3 is 2.64 bits per heavy atom. The zero-order chi connectivity index (χ0) is 17.4. The molecule has 0 aromatic heterocycles. The summed E-state index contributed by atoms with van der Waals surface area (Å²) in [4.78, 5) is 29.8. The number of hydrogen-bond donors (Lipinski definition) is 2. The first-order chi connectivity index (χ1) is 12.1. The average molecular weight is 342 g/mol. The highest BCUT2D eigenvalue weighted by molar-refractivity contribution is 6.06. The standard InChI is InChI=1S/C19H26N4O2/c1-2-22-11-5-8-16(22)17(24)23-12-9-19(10-13-23)18(25)20-14-6-3-4-7-15(14)21-19/h3-4,6-7,16,21H,2,5,8-13H2,1H3,(H,20,25)/t16-/m0/s1. The van der Waals surface area contributed by atoms with Crippen molar-refractivity contribution in [2.75, 3.05) is 36.8 Å². The number of amides is 2. The van der Waals surface area contributed by atoms with E-state index in [2.05, 4.69) is 22.5 Å². The van der Waals surface area contributed by atoms with Crippen LogP contribution in [0.25, 0.3) is 0 Å². The molecule has 2 saturated heterocycles. The first-order valence-corrected chi connectivity index (χ1v) is 9.34. The Morgan fingerprint density at radius 2 is 1.92 bits per heavy atom. The number of nitrogens with zero attached hydrogens (tertiary/aromatic N) is 2. The number of hydrogen-bond acceptors (Lipinski definition) is 4. The Hall–Kier alpha value is -2.08. The number of carbonyl (C=O) groups is 2. The predicted molar refractivity (Wildman–Crippen MR) is 97.5 cm³/mol. The van der Waals surface area contributed by atoms with Crippen molar-refractivity contribution >= 4 is 23.2 Å². The van der Waals surface area contributed by atoms with E-state index < -0.39 is 5.54 Å². The number of fused-ring (bicyclic) bond motifs is 1. The van der Waals surface area contributed by atoms with Crippen LogP contribution in [0.2, 0.25) is 0 Å². The third-order valence-electron chi connectivity index (χ3n) is 5.97. The molecule has 0 saturated carbocycles. The van der Waals surface area contributed by atoms with Gasteiger partial charge in [-0.05, 0) is 50.9 Å². The summed E-state index contributed by atoms with van der Waals surface area (Å²) < 4.78 is 0. The minimum Gasteiger partial charge on any atom is -0.369 e. The van der Waals surface area contributed by atoms with Gasteiger partial charge in [-0.25, -0.2) is 0 Å². The van der Waals surface area contributed by atoms with E-state index in [1.165, 1.54) is 0 Å². The van der Waals surface area contributed by atoms with Crippen molar-refractivity contribution in [3.05, 3.63) is 24.3 Å². The van der Waals surface area contributed by atoms with Crippen LogP contribution in [0.3, 0.4) is 0 Å². The van der Waals surface area contributed by atoms with Crippen molar-refractivity contribution in [1.82, 2.24) is 9.80 Å². The van der Waals surface area contributed by atoms with Crippen LogP contribution in [-0.4, -0.2) is 59.4 Å². The molecule has 134 valence electrons. The predicted octanol–water partition coefficient (Wildman–Crippen LogP) is 1.90. The minimum atomic E-state index is -0.592. The normalized spacial score (nSPS) is 25.4. The van der Waals surface area contributed by atoms with Crippen LogP contribution in [0.5, 0.6) is 0 Å². The molecule has 3 aliphatic heterocycles. The Bertz CT molecular complexity index is 682. The van der Waals surface area contributed by atoms with Gasteiger partial charge in [0.15, 0.2) is 0 Å². The van der Waals surface area contributed by atoms with Gasteiger partial charge in [-0.1, -0.05) is 19.1 Å². The number of piperidine rings is 1. The highest BCUT2D eigenvalue weighted by Crippen LogP contribution is 2.36. The van der Waals surface area contributed by atoms with Crippen LogP contribution in [0.4, 0.5) is 11.4 Å². The Labute approximate surface area is 148 Å². The highest BCUT2D eigenvalue weighted by Gasteiger charge is 2.46. The molecule has 2 amide bonds. The van der Waals surface area contributed by atoms with Crippen molar-refractivity contribution in [3.8, 4) is 0 Å².